The number of hydrogen-bond donors (Lipinski definition) is 2. The summed E-state index contributed by atoms with van der Waals surface area (Å²) in [6.07, 6.45) is 4.57. The van der Waals surface area contributed by atoms with Gasteiger partial charge < -0.3 is 15.5 Å². The second-order valence-electron chi connectivity index (χ2n) is 7.44. The van der Waals surface area contributed by atoms with Crippen molar-refractivity contribution in [1.82, 2.24) is 10.2 Å². The van der Waals surface area contributed by atoms with E-state index in [1.807, 2.05) is 49.9 Å². The Morgan fingerprint density at radius 3 is 2.38 bits per heavy atom. The molecule has 1 aliphatic heterocycles. The Bertz CT molecular complexity index is 570. The van der Waals surface area contributed by atoms with E-state index in [1.165, 1.54) is 12.8 Å². The van der Waals surface area contributed by atoms with Crippen LogP contribution in [-0.2, 0) is 4.79 Å². The average Bonchev–Trinajstić information content (AvgIpc) is 2.80. The molecule has 1 saturated heterocycles. The molecule has 0 spiro atoms. The third-order valence-corrected chi connectivity index (χ3v) is 3.97. The molecule has 2 N–H and O–H groups in total. The number of amides is 2. The SMILES string of the molecule is CC(C)(C)NC(=O)CNc1cccc(C(=O)N2CCCCCC2)c1. The van der Waals surface area contributed by atoms with Crippen molar-refractivity contribution in [2.45, 2.75) is 52.0 Å². The van der Waals surface area contributed by atoms with Gasteiger partial charge in [-0.3, -0.25) is 9.59 Å². The molecule has 0 aliphatic carbocycles. The summed E-state index contributed by atoms with van der Waals surface area (Å²) in [6.45, 7) is 7.72. The third-order valence-electron chi connectivity index (χ3n) is 3.97. The highest BCUT2D eigenvalue weighted by Crippen LogP contribution is 2.16. The number of rotatable bonds is 4. The predicted octanol–water partition coefficient (Wildman–Crippen LogP) is 3.03. The first kappa shape index (κ1) is 18.3. The van der Waals surface area contributed by atoms with Crippen LogP contribution in [0.5, 0.6) is 0 Å². The molecule has 0 aromatic heterocycles. The van der Waals surface area contributed by atoms with E-state index < -0.39 is 0 Å². The van der Waals surface area contributed by atoms with Crippen LogP contribution in [0.3, 0.4) is 0 Å². The van der Waals surface area contributed by atoms with Crippen molar-refractivity contribution in [3.8, 4) is 0 Å². The molecule has 1 fully saturated rings. The van der Waals surface area contributed by atoms with Gasteiger partial charge in [0.15, 0.2) is 0 Å². The van der Waals surface area contributed by atoms with Gasteiger partial charge in [0, 0.05) is 29.9 Å². The first-order chi connectivity index (χ1) is 11.3. The fourth-order valence-electron chi connectivity index (χ4n) is 2.86. The molecule has 5 nitrogen and oxygen atoms in total. The molecule has 1 aromatic rings. The second kappa shape index (κ2) is 8.18. The molecule has 132 valence electrons. The van der Waals surface area contributed by atoms with Gasteiger partial charge in [-0.25, -0.2) is 0 Å². The average molecular weight is 331 g/mol. The van der Waals surface area contributed by atoms with Crippen molar-refractivity contribution in [1.29, 1.82) is 0 Å². The largest absolute Gasteiger partial charge is 0.376 e. The number of benzene rings is 1. The Labute approximate surface area is 144 Å². The lowest BCUT2D eigenvalue weighted by Crippen LogP contribution is -2.43. The lowest BCUT2D eigenvalue weighted by Gasteiger charge is -2.21. The molecule has 5 heteroatoms. The third kappa shape index (κ3) is 5.87. The molecule has 2 amide bonds. The lowest BCUT2D eigenvalue weighted by atomic mass is 10.1. The number of nitrogens with zero attached hydrogens (tertiary/aromatic N) is 1. The van der Waals surface area contributed by atoms with Crippen molar-refractivity contribution < 1.29 is 9.59 Å². The Kier molecular flexibility index (Phi) is 6.23. The topological polar surface area (TPSA) is 61.4 Å². The molecule has 24 heavy (non-hydrogen) atoms. The predicted molar refractivity (Wildman–Crippen MR) is 97.2 cm³/mol. The van der Waals surface area contributed by atoms with Gasteiger partial charge in [0.1, 0.15) is 0 Å². The van der Waals surface area contributed by atoms with Crippen molar-refractivity contribution in [2.75, 3.05) is 25.0 Å². The number of anilines is 1. The Hall–Kier alpha value is -2.04. The van der Waals surface area contributed by atoms with E-state index in [1.54, 1.807) is 0 Å². The van der Waals surface area contributed by atoms with E-state index in [0.29, 0.717) is 5.56 Å². The number of likely N-dealkylation sites (tertiary alicyclic amines) is 1. The molecule has 1 aliphatic rings. The maximum Gasteiger partial charge on any atom is 0.253 e. The molecular weight excluding hydrogens is 302 g/mol. The zero-order valence-electron chi connectivity index (χ0n) is 15.0. The summed E-state index contributed by atoms with van der Waals surface area (Å²) in [5, 5.41) is 6.00. The second-order valence-corrected chi connectivity index (χ2v) is 7.44. The van der Waals surface area contributed by atoms with Crippen LogP contribution in [0.1, 0.15) is 56.8 Å². The highest BCUT2D eigenvalue weighted by Gasteiger charge is 2.18. The van der Waals surface area contributed by atoms with Crippen molar-refractivity contribution in [3.05, 3.63) is 29.8 Å². The van der Waals surface area contributed by atoms with Crippen LogP contribution in [0.15, 0.2) is 24.3 Å². The van der Waals surface area contributed by atoms with Crippen molar-refractivity contribution in [3.63, 3.8) is 0 Å². The van der Waals surface area contributed by atoms with E-state index in [9.17, 15) is 9.59 Å². The Balaban J connectivity index is 1.95. The van der Waals surface area contributed by atoms with E-state index in [0.717, 1.165) is 31.6 Å². The van der Waals surface area contributed by atoms with Crippen LogP contribution in [0, 0.1) is 0 Å². The number of carbonyl (C=O) groups excluding carboxylic acids is 2. The molecule has 0 bridgehead atoms. The lowest BCUT2D eigenvalue weighted by molar-refractivity contribution is -0.120. The van der Waals surface area contributed by atoms with Gasteiger partial charge in [-0.1, -0.05) is 18.9 Å². The highest BCUT2D eigenvalue weighted by molar-refractivity contribution is 5.95. The van der Waals surface area contributed by atoms with Crippen molar-refractivity contribution >= 4 is 17.5 Å². The fourth-order valence-corrected chi connectivity index (χ4v) is 2.86. The van der Waals surface area contributed by atoms with Crippen LogP contribution >= 0.6 is 0 Å². The highest BCUT2D eigenvalue weighted by atomic mass is 16.2. The Morgan fingerprint density at radius 2 is 1.75 bits per heavy atom. The quantitative estimate of drug-likeness (QED) is 0.891. The summed E-state index contributed by atoms with van der Waals surface area (Å²) in [5.74, 6) is 0.0199. The van der Waals surface area contributed by atoms with Crippen LogP contribution in [0.25, 0.3) is 0 Å². The molecule has 0 atom stereocenters. The normalized spacial score (nSPS) is 15.5. The van der Waals surface area contributed by atoms with Gasteiger partial charge in [-0.2, -0.15) is 0 Å². The molecule has 1 aromatic carbocycles. The zero-order chi connectivity index (χ0) is 17.6. The van der Waals surface area contributed by atoms with E-state index in [2.05, 4.69) is 10.6 Å². The van der Waals surface area contributed by atoms with Gasteiger partial charge in [0.2, 0.25) is 5.91 Å². The smallest absolute Gasteiger partial charge is 0.253 e. The van der Waals surface area contributed by atoms with E-state index in [-0.39, 0.29) is 23.9 Å². The summed E-state index contributed by atoms with van der Waals surface area (Å²) in [7, 11) is 0. The van der Waals surface area contributed by atoms with Gasteiger partial charge in [-0.15, -0.1) is 0 Å². The minimum atomic E-state index is -0.247. The van der Waals surface area contributed by atoms with Crippen LogP contribution in [0.2, 0.25) is 0 Å². The van der Waals surface area contributed by atoms with Crippen molar-refractivity contribution in [2.24, 2.45) is 0 Å². The minimum Gasteiger partial charge on any atom is -0.376 e. The van der Waals surface area contributed by atoms with E-state index in [4.69, 9.17) is 0 Å². The summed E-state index contributed by atoms with van der Waals surface area (Å²) in [6, 6.07) is 7.41. The summed E-state index contributed by atoms with van der Waals surface area (Å²) in [4.78, 5) is 26.5. The van der Waals surface area contributed by atoms with Gasteiger partial charge in [-0.05, 0) is 51.8 Å². The van der Waals surface area contributed by atoms with Crippen LogP contribution in [0.4, 0.5) is 5.69 Å². The summed E-state index contributed by atoms with van der Waals surface area (Å²) in [5.41, 5.74) is 1.22. The number of nitrogens with one attached hydrogen (secondary N) is 2. The first-order valence-corrected chi connectivity index (χ1v) is 8.79. The first-order valence-electron chi connectivity index (χ1n) is 8.79. The molecular formula is C19H29N3O2. The van der Waals surface area contributed by atoms with Crippen LogP contribution < -0.4 is 10.6 Å². The minimum absolute atomic E-state index is 0.0632. The molecule has 0 radical (unpaired) electrons. The van der Waals surface area contributed by atoms with Gasteiger partial charge in [0.25, 0.3) is 5.91 Å². The van der Waals surface area contributed by atoms with E-state index >= 15 is 0 Å². The molecule has 1 heterocycles. The molecule has 2 rings (SSSR count). The Morgan fingerprint density at radius 1 is 1.08 bits per heavy atom. The zero-order valence-corrected chi connectivity index (χ0v) is 15.0. The summed E-state index contributed by atoms with van der Waals surface area (Å²) < 4.78 is 0. The molecule has 0 saturated carbocycles. The maximum atomic E-state index is 12.6. The monoisotopic (exact) mass is 331 g/mol. The van der Waals surface area contributed by atoms with Crippen LogP contribution in [-0.4, -0.2) is 41.9 Å². The molecule has 0 unspecified atom stereocenters. The number of hydrogen-bond acceptors (Lipinski definition) is 3. The van der Waals surface area contributed by atoms with Gasteiger partial charge >= 0.3 is 0 Å². The maximum absolute atomic E-state index is 12.6. The number of carbonyl (C=O) groups is 2. The van der Waals surface area contributed by atoms with Gasteiger partial charge in [0.05, 0.1) is 6.54 Å². The standard InChI is InChI=1S/C19H29N3O2/c1-19(2,3)21-17(23)14-20-16-10-8-9-15(13-16)18(24)22-11-6-4-5-7-12-22/h8-10,13,20H,4-7,11-12,14H2,1-3H3,(H,21,23). The fraction of sp³-hybridized carbons (Fsp3) is 0.579. The summed E-state index contributed by atoms with van der Waals surface area (Å²) >= 11 is 0.